The number of carbonyl (C=O) groups is 1. The van der Waals surface area contributed by atoms with Crippen LogP contribution in [0.4, 0.5) is 0 Å². The minimum Gasteiger partial charge on any atom is -0.381 e. The highest BCUT2D eigenvalue weighted by Crippen LogP contribution is 2.32. The van der Waals surface area contributed by atoms with Crippen LogP contribution in [0.15, 0.2) is 0 Å². The summed E-state index contributed by atoms with van der Waals surface area (Å²) in [4.78, 5) is 12.4. The first-order valence-corrected chi connectivity index (χ1v) is 11.8. The van der Waals surface area contributed by atoms with Crippen molar-refractivity contribution in [1.29, 1.82) is 0 Å². The second kappa shape index (κ2) is 9.88. The number of hydrogen-bond acceptors (Lipinski definition) is 5. The van der Waals surface area contributed by atoms with Crippen LogP contribution in [0.2, 0.25) is 0 Å². The molecule has 0 unspecified atom stereocenters. The molecular weight excluding hydrogens is 352 g/mol. The molecule has 1 aliphatic heterocycles. The average molecular weight is 393 g/mol. The standard InChI is InChI=1S/C22H40N4O2/c1-28-20-11-7-15(8-12-20)17-13-23-22(24-14-17)26-19-9-5-16(6-10-19)21(27)25-18-3-2-4-18/h15-20,22-24,26H,2-14H2,1H3,(H,25,27). The molecule has 28 heavy (non-hydrogen) atoms. The van der Waals surface area contributed by atoms with Crippen LogP contribution in [-0.2, 0) is 9.53 Å². The van der Waals surface area contributed by atoms with Gasteiger partial charge in [-0.25, -0.2) is 0 Å². The van der Waals surface area contributed by atoms with E-state index in [9.17, 15) is 4.79 Å². The van der Waals surface area contributed by atoms with Crippen LogP contribution in [0.25, 0.3) is 0 Å². The normalized spacial score (nSPS) is 39.9. The highest BCUT2D eigenvalue weighted by molar-refractivity contribution is 5.79. The monoisotopic (exact) mass is 392 g/mol. The highest BCUT2D eigenvalue weighted by Gasteiger charge is 2.33. The lowest BCUT2D eigenvalue weighted by molar-refractivity contribution is -0.127. The second-order valence-electron chi connectivity index (χ2n) is 9.63. The summed E-state index contributed by atoms with van der Waals surface area (Å²) in [5.74, 6) is 2.11. The zero-order chi connectivity index (χ0) is 19.3. The molecule has 0 aromatic rings. The number of amides is 1. The van der Waals surface area contributed by atoms with Crippen molar-refractivity contribution in [1.82, 2.24) is 21.3 Å². The average Bonchev–Trinajstić information content (AvgIpc) is 2.72. The fraction of sp³-hybridized carbons (Fsp3) is 0.955. The van der Waals surface area contributed by atoms with Crippen LogP contribution in [0, 0.1) is 17.8 Å². The van der Waals surface area contributed by atoms with Crippen molar-refractivity contribution in [3.05, 3.63) is 0 Å². The molecule has 1 saturated heterocycles. The van der Waals surface area contributed by atoms with Gasteiger partial charge in [0.05, 0.1) is 6.10 Å². The third-order valence-electron chi connectivity index (χ3n) is 7.84. The number of rotatable bonds is 6. The number of methoxy groups -OCH3 is 1. The molecule has 0 radical (unpaired) electrons. The summed E-state index contributed by atoms with van der Waals surface area (Å²) in [5.41, 5.74) is 0. The number of carbonyl (C=O) groups excluding carboxylic acids is 1. The van der Waals surface area contributed by atoms with E-state index in [1.807, 2.05) is 7.11 Å². The van der Waals surface area contributed by atoms with Gasteiger partial charge < -0.3 is 10.1 Å². The van der Waals surface area contributed by atoms with Crippen molar-refractivity contribution in [2.75, 3.05) is 20.2 Å². The van der Waals surface area contributed by atoms with E-state index in [1.165, 1.54) is 44.9 Å². The van der Waals surface area contributed by atoms with Gasteiger partial charge in [0.25, 0.3) is 0 Å². The predicted molar refractivity (Wildman–Crippen MR) is 111 cm³/mol. The van der Waals surface area contributed by atoms with Crippen LogP contribution >= 0.6 is 0 Å². The first-order chi connectivity index (χ1) is 13.7. The minimum atomic E-state index is 0.219. The quantitative estimate of drug-likeness (QED) is 0.557. The molecule has 3 aliphatic carbocycles. The van der Waals surface area contributed by atoms with Gasteiger partial charge in [-0.05, 0) is 82.5 Å². The smallest absolute Gasteiger partial charge is 0.223 e. The summed E-state index contributed by atoms with van der Waals surface area (Å²) in [7, 11) is 1.85. The number of ether oxygens (including phenoxy) is 1. The van der Waals surface area contributed by atoms with Crippen molar-refractivity contribution in [3.63, 3.8) is 0 Å². The maximum atomic E-state index is 12.4. The Morgan fingerprint density at radius 3 is 2.07 bits per heavy atom. The summed E-state index contributed by atoms with van der Waals surface area (Å²) in [6.07, 6.45) is 13.6. The molecule has 0 atom stereocenters. The highest BCUT2D eigenvalue weighted by atomic mass is 16.5. The van der Waals surface area contributed by atoms with Crippen molar-refractivity contribution in [2.24, 2.45) is 17.8 Å². The molecule has 1 heterocycles. The minimum absolute atomic E-state index is 0.219. The Bertz CT molecular complexity index is 489. The summed E-state index contributed by atoms with van der Waals surface area (Å²) < 4.78 is 5.51. The fourth-order valence-electron chi connectivity index (χ4n) is 5.56. The zero-order valence-electron chi connectivity index (χ0n) is 17.6. The Kier molecular flexibility index (Phi) is 7.26. The van der Waals surface area contributed by atoms with Crippen LogP contribution in [0.5, 0.6) is 0 Å². The van der Waals surface area contributed by atoms with Gasteiger partial charge in [0, 0.05) is 38.2 Å². The summed E-state index contributed by atoms with van der Waals surface area (Å²) in [6.45, 7) is 2.21. The van der Waals surface area contributed by atoms with Gasteiger partial charge in [-0.15, -0.1) is 0 Å². The predicted octanol–water partition coefficient (Wildman–Crippen LogP) is 2.10. The van der Waals surface area contributed by atoms with Crippen molar-refractivity contribution >= 4 is 5.91 Å². The molecule has 1 amide bonds. The van der Waals surface area contributed by atoms with Crippen molar-refractivity contribution in [2.45, 2.75) is 95.1 Å². The topological polar surface area (TPSA) is 74.4 Å². The van der Waals surface area contributed by atoms with Gasteiger partial charge in [0.2, 0.25) is 5.91 Å². The molecule has 0 aromatic carbocycles. The fourth-order valence-corrected chi connectivity index (χ4v) is 5.56. The third-order valence-corrected chi connectivity index (χ3v) is 7.84. The molecular formula is C22H40N4O2. The number of nitrogens with one attached hydrogen (secondary N) is 4. The maximum absolute atomic E-state index is 12.4. The molecule has 0 aromatic heterocycles. The Labute approximate surface area is 170 Å². The van der Waals surface area contributed by atoms with Crippen molar-refractivity contribution < 1.29 is 9.53 Å². The largest absolute Gasteiger partial charge is 0.381 e. The summed E-state index contributed by atoms with van der Waals surface area (Å²) in [6, 6.07) is 0.989. The lowest BCUT2D eigenvalue weighted by atomic mass is 9.78. The third kappa shape index (κ3) is 5.26. The van der Waals surface area contributed by atoms with Crippen molar-refractivity contribution in [3.8, 4) is 0 Å². The Morgan fingerprint density at radius 2 is 1.50 bits per heavy atom. The molecule has 3 saturated carbocycles. The van der Waals surface area contributed by atoms with E-state index in [0.29, 0.717) is 24.1 Å². The first kappa shape index (κ1) is 20.6. The Balaban J connectivity index is 1.12. The molecule has 6 heteroatoms. The lowest BCUT2D eigenvalue weighted by Gasteiger charge is -2.40. The van der Waals surface area contributed by atoms with Crippen LogP contribution in [-0.4, -0.2) is 50.6 Å². The molecule has 0 bridgehead atoms. The summed E-state index contributed by atoms with van der Waals surface area (Å²) >= 11 is 0. The molecule has 4 rings (SSSR count). The Morgan fingerprint density at radius 1 is 0.821 bits per heavy atom. The first-order valence-electron chi connectivity index (χ1n) is 11.8. The maximum Gasteiger partial charge on any atom is 0.223 e. The van der Waals surface area contributed by atoms with E-state index in [2.05, 4.69) is 21.3 Å². The zero-order valence-corrected chi connectivity index (χ0v) is 17.6. The van der Waals surface area contributed by atoms with Gasteiger partial charge >= 0.3 is 0 Å². The van der Waals surface area contributed by atoms with E-state index in [4.69, 9.17) is 4.74 Å². The van der Waals surface area contributed by atoms with Gasteiger partial charge in [-0.3, -0.25) is 20.7 Å². The van der Waals surface area contributed by atoms with E-state index in [1.54, 1.807) is 0 Å². The van der Waals surface area contributed by atoms with Crippen LogP contribution < -0.4 is 21.3 Å². The van der Waals surface area contributed by atoms with Crippen LogP contribution in [0.3, 0.4) is 0 Å². The van der Waals surface area contributed by atoms with E-state index in [0.717, 1.165) is 50.6 Å². The molecule has 4 fully saturated rings. The molecule has 0 spiro atoms. The van der Waals surface area contributed by atoms with Gasteiger partial charge in [-0.2, -0.15) is 0 Å². The van der Waals surface area contributed by atoms with Gasteiger partial charge in [0.15, 0.2) is 0 Å². The Hall–Kier alpha value is -0.690. The molecule has 6 nitrogen and oxygen atoms in total. The summed E-state index contributed by atoms with van der Waals surface area (Å²) in [5, 5.41) is 14.3. The molecule has 4 aliphatic rings. The molecule has 4 N–H and O–H groups in total. The van der Waals surface area contributed by atoms with Crippen LogP contribution in [0.1, 0.15) is 70.6 Å². The SMILES string of the molecule is COC1CCC(C2CNC(NC3CCC(C(=O)NC4CCC4)CC3)NC2)CC1. The van der Waals surface area contributed by atoms with E-state index >= 15 is 0 Å². The van der Waals surface area contributed by atoms with E-state index < -0.39 is 0 Å². The van der Waals surface area contributed by atoms with E-state index in [-0.39, 0.29) is 12.2 Å². The van der Waals surface area contributed by atoms with Gasteiger partial charge in [0.1, 0.15) is 6.29 Å². The second-order valence-corrected chi connectivity index (χ2v) is 9.63. The lowest BCUT2D eigenvalue weighted by Crippen LogP contribution is -2.63. The molecule has 160 valence electrons. The van der Waals surface area contributed by atoms with Gasteiger partial charge in [-0.1, -0.05) is 0 Å². The number of hydrogen-bond donors (Lipinski definition) is 4.